The fraction of sp³-hybridized carbons (Fsp3) is 0.320. The zero-order valence-corrected chi connectivity index (χ0v) is 18.3. The summed E-state index contributed by atoms with van der Waals surface area (Å²) in [4.78, 5) is 10.9. The lowest BCUT2D eigenvalue weighted by Gasteiger charge is -2.16. The minimum atomic E-state index is -4.39. The summed E-state index contributed by atoms with van der Waals surface area (Å²) in [6.07, 6.45) is -3.73. The number of benzene rings is 2. The third kappa shape index (κ3) is 6.38. The summed E-state index contributed by atoms with van der Waals surface area (Å²) in [6.45, 7) is 2.25. The average Bonchev–Trinajstić information content (AvgIpc) is 3.20. The van der Waals surface area contributed by atoms with E-state index in [0.29, 0.717) is 47.8 Å². The van der Waals surface area contributed by atoms with E-state index in [1.807, 2.05) is 6.92 Å². The van der Waals surface area contributed by atoms with Crippen LogP contribution in [0.25, 0.3) is 11.3 Å². The van der Waals surface area contributed by atoms with Gasteiger partial charge in [-0.15, -0.1) is 0 Å². The van der Waals surface area contributed by atoms with Crippen LogP contribution in [0.2, 0.25) is 0 Å². The standard InChI is InChI=1S/C25H25F3O5/c1-3-21-20(15-23(33-21)17-7-9-18(10-8-17)25(26,27)28)22(31-2)11-12-32-19-6-4-5-16(13-19)14-24(29)30/h4-10,13,15,22H,3,11-12,14H2,1-2H3,(H,29,30). The van der Waals surface area contributed by atoms with Crippen LogP contribution in [0.4, 0.5) is 13.2 Å². The van der Waals surface area contributed by atoms with E-state index >= 15 is 0 Å². The first-order valence-electron chi connectivity index (χ1n) is 10.5. The van der Waals surface area contributed by atoms with Gasteiger partial charge in [-0.3, -0.25) is 4.79 Å². The molecule has 1 aromatic heterocycles. The normalized spacial score (nSPS) is 12.5. The summed E-state index contributed by atoms with van der Waals surface area (Å²) in [5.74, 6) is 0.819. The first-order valence-corrected chi connectivity index (χ1v) is 10.5. The number of aliphatic carboxylic acids is 1. The van der Waals surface area contributed by atoms with Gasteiger partial charge in [0.1, 0.15) is 17.3 Å². The number of hydrogen-bond donors (Lipinski definition) is 1. The average molecular weight is 462 g/mol. The molecule has 0 saturated heterocycles. The molecular weight excluding hydrogens is 437 g/mol. The zero-order chi connectivity index (χ0) is 24.0. The van der Waals surface area contributed by atoms with Crippen molar-refractivity contribution in [2.45, 2.75) is 38.5 Å². The first-order chi connectivity index (χ1) is 15.7. The molecule has 0 aliphatic heterocycles. The largest absolute Gasteiger partial charge is 0.493 e. The Hall–Kier alpha value is -3.26. The van der Waals surface area contributed by atoms with Gasteiger partial charge in [-0.25, -0.2) is 0 Å². The van der Waals surface area contributed by atoms with Crippen molar-refractivity contribution in [2.75, 3.05) is 13.7 Å². The minimum Gasteiger partial charge on any atom is -0.493 e. The van der Waals surface area contributed by atoms with Crippen molar-refractivity contribution in [3.05, 3.63) is 77.0 Å². The highest BCUT2D eigenvalue weighted by Gasteiger charge is 2.30. The highest BCUT2D eigenvalue weighted by Crippen LogP contribution is 2.35. The maximum atomic E-state index is 12.8. The number of hydrogen-bond acceptors (Lipinski definition) is 4. The molecule has 0 aliphatic carbocycles. The van der Waals surface area contributed by atoms with Gasteiger partial charge < -0.3 is 19.0 Å². The number of halogens is 3. The second kappa shape index (κ2) is 10.6. The van der Waals surface area contributed by atoms with Crippen LogP contribution in [0.15, 0.2) is 59.0 Å². The molecule has 1 atom stereocenters. The number of carboxylic acids is 1. The summed E-state index contributed by atoms with van der Waals surface area (Å²) < 4.78 is 55.9. The topological polar surface area (TPSA) is 68.9 Å². The molecule has 8 heteroatoms. The van der Waals surface area contributed by atoms with Crippen molar-refractivity contribution in [1.82, 2.24) is 0 Å². The van der Waals surface area contributed by atoms with Crippen LogP contribution in [0.5, 0.6) is 5.75 Å². The van der Waals surface area contributed by atoms with E-state index < -0.39 is 17.7 Å². The molecule has 0 radical (unpaired) electrons. The summed E-state index contributed by atoms with van der Waals surface area (Å²) in [6, 6.07) is 13.5. The predicted molar refractivity (Wildman–Crippen MR) is 116 cm³/mol. The summed E-state index contributed by atoms with van der Waals surface area (Å²) >= 11 is 0. The van der Waals surface area contributed by atoms with Crippen molar-refractivity contribution in [1.29, 1.82) is 0 Å². The minimum absolute atomic E-state index is 0.0838. The maximum Gasteiger partial charge on any atom is 0.416 e. The molecule has 0 fully saturated rings. The highest BCUT2D eigenvalue weighted by atomic mass is 19.4. The first kappa shape index (κ1) is 24.4. The molecule has 1 unspecified atom stereocenters. The molecule has 33 heavy (non-hydrogen) atoms. The molecule has 0 aliphatic rings. The molecular formula is C25H25F3O5. The Morgan fingerprint density at radius 3 is 2.45 bits per heavy atom. The number of rotatable bonds is 10. The number of aryl methyl sites for hydroxylation is 1. The maximum absolute atomic E-state index is 12.8. The highest BCUT2D eigenvalue weighted by molar-refractivity contribution is 5.70. The molecule has 5 nitrogen and oxygen atoms in total. The SMILES string of the molecule is CCc1oc(-c2ccc(C(F)(F)F)cc2)cc1C(CCOc1cccc(CC(=O)O)c1)OC. The van der Waals surface area contributed by atoms with Crippen molar-refractivity contribution >= 4 is 5.97 Å². The number of furan rings is 1. The zero-order valence-electron chi connectivity index (χ0n) is 18.3. The second-order valence-corrected chi connectivity index (χ2v) is 7.50. The van der Waals surface area contributed by atoms with E-state index in [1.54, 1.807) is 37.4 Å². The quantitative estimate of drug-likeness (QED) is 0.382. The van der Waals surface area contributed by atoms with Gasteiger partial charge in [0.15, 0.2) is 0 Å². The molecule has 0 bridgehead atoms. The Morgan fingerprint density at radius 1 is 1.12 bits per heavy atom. The van der Waals surface area contributed by atoms with Gasteiger partial charge in [0, 0.05) is 31.1 Å². The van der Waals surface area contributed by atoms with Crippen LogP contribution in [-0.4, -0.2) is 24.8 Å². The van der Waals surface area contributed by atoms with Gasteiger partial charge in [0.2, 0.25) is 0 Å². The predicted octanol–water partition coefficient (Wildman–Crippen LogP) is 6.31. The molecule has 1 N–H and O–H groups in total. The van der Waals surface area contributed by atoms with Gasteiger partial charge in [-0.05, 0) is 35.9 Å². The molecule has 0 amide bonds. The smallest absolute Gasteiger partial charge is 0.416 e. The molecule has 0 spiro atoms. The van der Waals surface area contributed by atoms with E-state index in [1.165, 1.54) is 12.1 Å². The Bertz CT molecular complexity index is 1070. The Labute approximate surface area is 189 Å². The van der Waals surface area contributed by atoms with Crippen LogP contribution in [0.3, 0.4) is 0 Å². The Balaban J connectivity index is 1.71. The van der Waals surface area contributed by atoms with Crippen LogP contribution in [0, 0.1) is 0 Å². The summed E-state index contributed by atoms with van der Waals surface area (Å²) in [7, 11) is 1.57. The summed E-state index contributed by atoms with van der Waals surface area (Å²) in [5, 5.41) is 8.93. The second-order valence-electron chi connectivity index (χ2n) is 7.50. The van der Waals surface area contributed by atoms with Gasteiger partial charge in [0.05, 0.1) is 24.7 Å². The van der Waals surface area contributed by atoms with Gasteiger partial charge in [-0.1, -0.05) is 31.2 Å². The Morgan fingerprint density at radius 2 is 1.85 bits per heavy atom. The number of carbonyl (C=O) groups is 1. The van der Waals surface area contributed by atoms with Crippen LogP contribution in [-0.2, 0) is 28.5 Å². The molecule has 2 aromatic carbocycles. The van der Waals surface area contributed by atoms with Gasteiger partial charge >= 0.3 is 12.1 Å². The molecule has 0 saturated carbocycles. The fourth-order valence-corrected chi connectivity index (χ4v) is 3.56. The van der Waals surface area contributed by atoms with E-state index in [0.717, 1.165) is 17.7 Å². The monoisotopic (exact) mass is 462 g/mol. The van der Waals surface area contributed by atoms with Crippen LogP contribution >= 0.6 is 0 Å². The fourth-order valence-electron chi connectivity index (χ4n) is 3.56. The number of alkyl halides is 3. The lowest BCUT2D eigenvalue weighted by molar-refractivity contribution is -0.138. The molecule has 1 heterocycles. The molecule has 176 valence electrons. The number of ether oxygens (including phenoxy) is 2. The Kier molecular flexibility index (Phi) is 7.81. The van der Waals surface area contributed by atoms with Crippen LogP contribution in [0.1, 0.15) is 41.9 Å². The lowest BCUT2D eigenvalue weighted by Crippen LogP contribution is -2.09. The van der Waals surface area contributed by atoms with Gasteiger partial charge in [0.25, 0.3) is 0 Å². The molecule has 3 aromatic rings. The van der Waals surface area contributed by atoms with E-state index in [4.69, 9.17) is 19.0 Å². The van der Waals surface area contributed by atoms with Crippen molar-refractivity contribution in [2.24, 2.45) is 0 Å². The summed E-state index contributed by atoms with van der Waals surface area (Å²) in [5.41, 5.74) is 1.30. The van der Waals surface area contributed by atoms with E-state index in [2.05, 4.69) is 0 Å². The lowest BCUT2D eigenvalue weighted by atomic mass is 10.0. The number of methoxy groups -OCH3 is 1. The van der Waals surface area contributed by atoms with Gasteiger partial charge in [-0.2, -0.15) is 13.2 Å². The molecule has 3 rings (SSSR count). The van der Waals surface area contributed by atoms with Crippen molar-refractivity contribution in [3.8, 4) is 17.1 Å². The van der Waals surface area contributed by atoms with E-state index in [9.17, 15) is 18.0 Å². The van der Waals surface area contributed by atoms with E-state index in [-0.39, 0.29) is 12.5 Å². The van der Waals surface area contributed by atoms with Crippen molar-refractivity contribution < 1.29 is 37.0 Å². The third-order valence-electron chi connectivity index (χ3n) is 5.19. The van der Waals surface area contributed by atoms with Crippen molar-refractivity contribution in [3.63, 3.8) is 0 Å². The third-order valence-corrected chi connectivity index (χ3v) is 5.19. The van der Waals surface area contributed by atoms with Crippen LogP contribution < -0.4 is 4.74 Å². The number of carboxylic acid groups (broad SMARTS) is 1.